The molecule has 0 amide bonds. The van der Waals surface area contributed by atoms with Crippen LogP contribution in [0.4, 0.5) is 24.8 Å². The van der Waals surface area contributed by atoms with Gasteiger partial charge in [-0.15, -0.1) is 0 Å². The Morgan fingerprint density at radius 1 is 1.30 bits per heavy atom. The molecule has 2 heterocycles. The first-order valence-electron chi connectivity index (χ1n) is 5.55. The van der Waals surface area contributed by atoms with E-state index in [9.17, 15) is 13.2 Å². The lowest BCUT2D eigenvalue weighted by atomic mass is 10.2. The second-order valence-electron chi connectivity index (χ2n) is 3.91. The third kappa shape index (κ3) is 3.16. The zero-order chi connectivity index (χ0) is 14.9. The molecule has 108 valence electrons. The number of nitrogens with one attached hydrogen (secondary N) is 2. The van der Waals surface area contributed by atoms with E-state index in [4.69, 9.17) is 23.2 Å². The van der Waals surface area contributed by atoms with Crippen molar-refractivity contribution in [3.63, 3.8) is 0 Å². The Bertz CT molecular complexity index is 625. The second kappa shape index (κ2) is 5.49. The Kier molecular flexibility index (Phi) is 4.10. The molecule has 2 aromatic heterocycles. The van der Waals surface area contributed by atoms with Gasteiger partial charge in [0, 0.05) is 6.07 Å². The van der Waals surface area contributed by atoms with Crippen molar-refractivity contribution in [1.82, 2.24) is 15.2 Å². The van der Waals surface area contributed by atoms with Crippen LogP contribution in [-0.2, 0) is 12.6 Å². The maximum atomic E-state index is 12.4. The number of hydrogen-bond donors (Lipinski definition) is 2. The second-order valence-corrected chi connectivity index (χ2v) is 4.68. The highest BCUT2D eigenvalue weighted by atomic mass is 35.5. The fourth-order valence-corrected chi connectivity index (χ4v) is 1.99. The first-order chi connectivity index (χ1) is 9.31. The Balaban J connectivity index is 2.26. The summed E-state index contributed by atoms with van der Waals surface area (Å²) in [6.07, 6.45) is -3.85. The first kappa shape index (κ1) is 14.9. The van der Waals surface area contributed by atoms with E-state index in [0.29, 0.717) is 6.42 Å². The van der Waals surface area contributed by atoms with E-state index in [2.05, 4.69) is 15.4 Å². The van der Waals surface area contributed by atoms with Crippen LogP contribution in [0.5, 0.6) is 0 Å². The average Bonchev–Trinajstić information content (AvgIpc) is 2.81. The van der Waals surface area contributed by atoms with Crippen LogP contribution >= 0.6 is 23.2 Å². The maximum absolute atomic E-state index is 12.4. The van der Waals surface area contributed by atoms with Crippen molar-refractivity contribution in [2.75, 3.05) is 5.32 Å². The molecule has 0 aromatic carbocycles. The lowest BCUT2D eigenvalue weighted by molar-refractivity contribution is -0.141. The van der Waals surface area contributed by atoms with Gasteiger partial charge in [0.05, 0.1) is 5.02 Å². The minimum Gasteiger partial charge on any atom is -0.322 e. The van der Waals surface area contributed by atoms with E-state index in [1.807, 2.05) is 12.0 Å². The van der Waals surface area contributed by atoms with Gasteiger partial charge in [-0.1, -0.05) is 30.1 Å². The topological polar surface area (TPSA) is 53.6 Å². The molecular weight excluding hydrogens is 316 g/mol. The number of nitrogens with zero attached hydrogens (tertiary/aromatic N) is 2. The number of halogens is 5. The molecule has 4 nitrogen and oxygen atoms in total. The molecular formula is C11H9Cl2F3N4. The van der Waals surface area contributed by atoms with Gasteiger partial charge < -0.3 is 5.32 Å². The van der Waals surface area contributed by atoms with Gasteiger partial charge in [0.1, 0.15) is 10.8 Å². The molecule has 0 radical (unpaired) electrons. The number of hydrogen-bond acceptors (Lipinski definition) is 3. The van der Waals surface area contributed by atoms with Crippen LogP contribution < -0.4 is 5.32 Å². The Morgan fingerprint density at radius 2 is 2.00 bits per heavy atom. The Morgan fingerprint density at radius 3 is 2.55 bits per heavy atom. The number of alkyl halides is 3. The fourth-order valence-electron chi connectivity index (χ4n) is 1.49. The van der Waals surface area contributed by atoms with E-state index in [1.165, 1.54) is 0 Å². The lowest BCUT2D eigenvalue weighted by Crippen LogP contribution is -2.04. The molecule has 0 saturated heterocycles. The smallest absolute Gasteiger partial charge is 0.322 e. The number of aromatic nitrogens is 3. The van der Waals surface area contributed by atoms with Crippen molar-refractivity contribution in [2.45, 2.75) is 19.5 Å². The molecule has 0 aliphatic heterocycles. The molecule has 9 heteroatoms. The third-order valence-electron chi connectivity index (χ3n) is 2.51. The number of aromatic amines is 1. The summed E-state index contributed by atoms with van der Waals surface area (Å²) < 4.78 is 37.3. The van der Waals surface area contributed by atoms with E-state index in [1.54, 1.807) is 6.07 Å². The number of pyridine rings is 1. The molecule has 0 saturated carbocycles. The first-order valence-corrected chi connectivity index (χ1v) is 6.31. The summed E-state index contributed by atoms with van der Waals surface area (Å²) in [5.74, 6) is 0.0983. The Labute approximate surface area is 122 Å². The summed E-state index contributed by atoms with van der Waals surface area (Å²) in [4.78, 5) is 4.00. The summed E-state index contributed by atoms with van der Waals surface area (Å²) in [5, 5.41) is 8.46. The summed E-state index contributed by atoms with van der Waals surface area (Å²) >= 11 is 11.9. The van der Waals surface area contributed by atoms with Crippen molar-refractivity contribution in [3.05, 3.63) is 33.6 Å². The molecule has 0 bridgehead atoms. The van der Waals surface area contributed by atoms with Crippen LogP contribution in [0.2, 0.25) is 10.2 Å². The van der Waals surface area contributed by atoms with Crippen molar-refractivity contribution < 1.29 is 13.2 Å². The molecule has 20 heavy (non-hydrogen) atoms. The number of H-pyrrole nitrogens is 1. The number of aryl methyl sites for hydroxylation is 1. The highest BCUT2D eigenvalue weighted by molar-refractivity contribution is 6.34. The maximum Gasteiger partial charge on any atom is 0.432 e. The van der Waals surface area contributed by atoms with Crippen LogP contribution in [0.25, 0.3) is 0 Å². The van der Waals surface area contributed by atoms with Gasteiger partial charge in [0.2, 0.25) is 0 Å². The highest BCUT2D eigenvalue weighted by Gasteiger charge is 2.33. The van der Waals surface area contributed by atoms with Crippen LogP contribution in [0.3, 0.4) is 0 Å². The highest BCUT2D eigenvalue weighted by Crippen LogP contribution is 2.31. The van der Waals surface area contributed by atoms with Crippen LogP contribution in [0.1, 0.15) is 18.2 Å². The number of rotatable bonds is 3. The zero-order valence-corrected chi connectivity index (χ0v) is 11.7. The van der Waals surface area contributed by atoms with Gasteiger partial charge in [-0.25, -0.2) is 4.98 Å². The molecule has 0 fully saturated rings. The molecule has 0 atom stereocenters. The quantitative estimate of drug-likeness (QED) is 0.821. The number of anilines is 2. The molecule has 0 aliphatic rings. The van der Waals surface area contributed by atoms with Crippen LogP contribution in [-0.4, -0.2) is 15.2 Å². The van der Waals surface area contributed by atoms with Gasteiger partial charge in [0.25, 0.3) is 0 Å². The predicted octanol–water partition coefficient (Wildman–Crippen LogP) is 4.44. The van der Waals surface area contributed by atoms with E-state index < -0.39 is 11.9 Å². The van der Waals surface area contributed by atoms with Gasteiger partial charge in [-0.3, -0.25) is 5.10 Å². The molecule has 0 aliphatic carbocycles. The summed E-state index contributed by atoms with van der Waals surface area (Å²) in [6, 6.07) is 2.43. The van der Waals surface area contributed by atoms with E-state index in [-0.39, 0.29) is 21.8 Å². The minimum atomic E-state index is -4.49. The summed E-state index contributed by atoms with van der Waals surface area (Å²) in [7, 11) is 0. The van der Waals surface area contributed by atoms with Crippen molar-refractivity contribution in [2.24, 2.45) is 0 Å². The predicted molar refractivity (Wildman–Crippen MR) is 70.5 cm³/mol. The van der Waals surface area contributed by atoms with Gasteiger partial charge >= 0.3 is 6.18 Å². The standard InChI is InChI=1S/C11H9Cl2F3N4/c1-2-5-3-6(12)10(18-9(5)13)17-8-4-7(19-20-8)11(14,15)16/h3-4H,2H2,1H3,(H2,17,18,19,20). The lowest BCUT2D eigenvalue weighted by Gasteiger charge is -2.07. The van der Waals surface area contributed by atoms with Crippen molar-refractivity contribution in [3.8, 4) is 0 Å². The average molecular weight is 325 g/mol. The summed E-state index contributed by atoms with van der Waals surface area (Å²) in [6.45, 7) is 1.88. The summed E-state index contributed by atoms with van der Waals surface area (Å²) in [5.41, 5.74) is -0.215. The van der Waals surface area contributed by atoms with E-state index >= 15 is 0 Å². The normalized spacial score (nSPS) is 11.7. The monoisotopic (exact) mass is 324 g/mol. The third-order valence-corrected chi connectivity index (χ3v) is 3.13. The van der Waals surface area contributed by atoms with Gasteiger partial charge in [-0.2, -0.15) is 18.3 Å². The van der Waals surface area contributed by atoms with Crippen LogP contribution in [0, 0.1) is 0 Å². The van der Waals surface area contributed by atoms with Crippen molar-refractivity contribution in [1.29, 1.82) is 0 Å². The largest absolute Gasteiger partial charge is 0.432 e. The molecule has 0 spiro atoms. The Hall–Kier alpha value is -1.47. The minimum absolute atomic E-state index is 0.0490. The van der Waals surface area contributed by atoms with E-state index in [0.717, 1.165) is 11.6 Å². The molecule has 2 aromatic rings. The van der Waals surface area contributed by atoms with Crippen molar-refractivity contribution >= 4 is 34.8 Å². The SMILES string of the molecule is CCc1cc(Cl)c(Nc2cc(C(F)(F)F)[nH]n2)nc1Cl. The zero-order valence-electron chi connectivity index (χ0n) is 10.1. The van der Waals surface area contributed by atoms with Crippen LogP contribution in [0.15, 0.2) is 12.1 Å². The van der Waals surface area contributed by atoms with Gasteiger partial charge in [-0.05, 0) is 18.1 Å². The molecule has 0 unspecified atom stereocenters. The van der Waals surface area contributed by atoms with Gasteiger partial charge in [0.15, 0.2) is 11.6 Å². The molecule has 2 N–H and O–H groups in total. The molecule has 2 rings (SSSR count). The fraction of sp³-hybridized carbons (Fsp3) is 0.273.